The van der Waals surface area contributed by atoms with Gasteiger partial charge in [-0.25, -0.2) is 4.79 Å². The fraction of sp³-hybridized carbons (Fsp3) is 0.273. The van der Waals surface area contributed by atoms with Crippen LogP contribution in [0.2, 0.25) is 0 Å². The molecule has 6 heteroatoms. The van der Waals surface area contributed by atoms with Crippen LogP contribution in [0.1, 0.15) is 17.3 Å². The predicted octanol–water partition coefficient (Wildman–Crippen LogP) is 4.18. The second kappa shape index (κ2) is 9.19. The minimum atomic E-state index is -0.390. The molecular formula is C22H25N3O3. The van der Waals surface area contributed by atoms with Crippen molar-refractivity contribution >= 4 is 22.6 Å². The van der Waals surface area contributed by atoms with Gasteiger partial charge >= 0.3 is 5.97 Å². The van der Waals surface area contributed by atoms with Crippen LogP contribution in [-0.2, 0) is 4.74 Å². The number of pyridine rings is 1. The molecule has 0 unspecified atom stereocenters. The Kier molecular flexibility index (Phi) is 6.45. The second-order valence-electron chi connectivity index (χ2n) is 6.59. The number of esters is 1. The van der Waals surface area contributed by atoms with Crippen LogP contribution in [0.15, 0.2) is 54.7 Å². The number of benzene rings is 2. The van der Waals surface area contributed by atoms with Crippen molar-refractivity contribution in [3.05, 3.63) is 60.3 Å². The monoisotopic (exact) mass is 379 g/mol. The van der Waals surface area contributed by atoms with E-state index in [1.54, 1.807) is 13.1 Å². The molecule has 3 rings (SSSR count). The first-order chi connectivity index (χ1) is 13.6. The number of nitrogens with zero attached hydrogens (tertiary/aromatic N) is 2. The molecule has 1 N–H and O–H groups in total. The van der Waals surface area contributed by atoms with Crippen molar-refractivity contribution < 1.29 is 14.3 Å². The van der Waals surface area contributed by atoms with E-state index < -0.39 is 5.97 Å². The third-order valence-electron chi connectivity index (χ3n) is 4.17. The van der Waals surface area contributed by atoms with Gasteiger partial charge in [0, 0.05) is 24.7 Å². The summed E-state index contributed by atoms with van der Waals surface area (Å²) in [5.41, 5.74) is 1.91. The number of carbonyl (C=O) groups excluding carboxylic acids is 1. The maximum absolute atomic E-state index is 12.4. The van der Waals surface area contributed by atoms with E-state index in [2.05, 4.69) is 15.2 Å². The van der Waals surface area contributed by atoms with Gasteiger partial charge in [0.15, 0.2) is 0 Å². The molecule has 0 amide bonds. The van der Waals surface area contributed by atoms with E-state index in [1.165, 1.54) is 0 Å². The molecule has 2 aromatic carbocycles. The van der Waals surface area contributed by atoms with Gasteiger partial charge in [-0.05, 0) is 51.4 Å². The van der Waals surface area contributed by atoms with E-state index in [0.29, 0.717) is 30.2 Å². The van der Waals surface area contributed by atoms with Gasteiger partial charge in [0.2, 0.25) is 0 Å². The SMILES string of the molecule is CCOC(=O)c1cnc2ccc(Oc3ccccc3)cc2c1NCCN(C)C. The number of nitrogens with one attached hydrogen (secondary N) is 1. The molecule has 1 aromatic heterocycles. The normalized spacial score (nSPS) is 10.9. The zero-order valence-electron chi connectivity index (χ0n) is 16.4. The van der Waals surface area contributed by atoms with Gasteiger partial charge in [0.1, 0.15) is 17.1 Å². The molecule has 0 aliphatic rings. The van der Waals surface area contributed by atoms with E-state index in [1.807, 2.05) is 62.6 Å². The molecule has 0 saturated carbocycles. The largest absolute Gasteiger partial charge is 0.462 e. The van der Waals surface area contributed by atoms with Gasteiger partial charge in [-0.2, -0.15) is 0 Å². The Morgan fingerprint density at radius 1 is 1.11 bits per heavy atom. The third kappa shape index (κ3) is 4.78. The Labute approximate surface area is 165 Å². The molecule has 0 atom stereocenters. The molecule has 0 saturated heterocycles. The number of para-hydroxylation sites is 1. The van der Waals surface area contributed by atoms with Crippen LogP contribution in [0.4, 0.5) is 5.69 Å². The van der Waals surface area contributed by atoms with Crippen molar-refractivity contribution in [1.29, 1.82) is 0 Å². The molecule has 146 valence electrons. The van der Waals surface area contributed by atoms with Crippen molar-refractivity contribution in [1.82, 2.24) is 9.88 Å². The Hall–Kier alpha value is -3.12. The number of anilines is 1. The van der Waals surface area contributed by atoms with Crippen molar-refractivity contribution in [2.24, 2.45) is 0 Å². The lowest BCUT2D eigenvalue weighted by molar-refractivity contribution is 0.0527. The molecular weight excluding hydrogens is 354 g/mol. The summed E-state index contributed by atoms with van der Waals surface area (Å²) >= 11 is 0. The molecule has 0 aliphatic heterocycles. The number of fused-ring (bicyclic) bond motifs is 1. The minimum absolute atomic E-state index is 0.311. The average Bonchev–Trinajstić information content (AvgIpc) is 2.69. The summed E-state index contributed by atoms with van der Waals surface area (Å²) in [7, 11) is 4.01. The summed E-state index contributed by atoms with van der Waals surface area (Å²) < 4.78 is 11.2. The zero-order chi connectivity index (χ0) is 19.9. The maximum atomic E-state index is 12.4. The Morgan fingerprint density at radius 3 is 2.61 bits per heavy atom. The van der Waals surface area contributed by atoms with Gasteiger partial charge in [-0.3, -0.25) is 4.98 Å². The average molecular weight is 379 g/mol. The first kappa shape index (κ1) is 19.6. The molecule has 28 heavy (non-hydrogen) atoms. The Morgan fingerprint density at radius 2 is 1.89 bits per heavy atom. The molecule has 6 nitrogen and oxygen atoms in total. The lowest BCUT2D eigenvalue weighted by Gasteiger charge is -2.16. The van der Waals surface area contributed by atoms with Crippen molar-refractivity contribution in [3.8, 4) is 11.5 Å². The molecule has 3 aromatic rings. The topological polar surface area (TPSA) is 63.7 Å². The van der Waals surface area contributed by atoms with Crippen molar-refractivity contribution in [2.75, 3.05) is 39.1 Å². The Bertz CT molecular complexity index is 942. The number of ether oxygens (including phenoxy) is 2. The van der Waals surface area contributed by atoms with Crippen LogP contribution < -0.4 is 10.1 Å². The summed E-state index contributed by atoms with van der Waals surface area (Å²) in [5.74, 6) is 1.04. The standard InChI is InChI=1S/C22H25N3O3/c1-4-27-22(26)19-15-24-20-11-10-17(28-16-8-6-5-7-9-16)14-18(20)21(19)23-12-13-25(2)3/h5-11,14-15H,4,12-13H2,1-3H3,(H,23,24). The van der Waals surface area contributed by atoms with E-state index in [9.17, 15) is 4.79 Å². The number of aromatic nitrogens is 1. The third-order valence-corrected chi connectivity index (χ3v) is 4.17. The number of hydrogen-bond donors (Lipinski definition) is 1. The number of carbonyl (C=O) groups is 1. The lowest BCUT2D eigenvalue weighted by atomic mass is 10.1. The minimum Gasteiger partial charge on any atom is -0.462 e. The summed E-state index contributed by atoms with van der Waals surface area (Å²) in [6, 6.07) is 15.2. The van der Waals surface area contributed by atoms with Gasteiger partial charge in [0.05, 0.1) is 17.8 Å². The predicted molar refractivity (Wildman–Crippen MR) is 111 cm³/mol. The number of hydrogen-bond acceptors (Lipinski definition) is 6. The van der Waals surface area contributed by atoms with Crippen LogP contribution in [0.3, 0.4) is 0 Å². The van der Waals surface area contributed by atoms with Crippen LogP contribution in [-0.4, -0.2) is 49.6 Å². The van der Waals surface area contributed by atoms with E-state index in [0.717, 1.165) is 23.2 Å². The van der Waals surface area contributed by atoms with E-state index >= 15 is 0 Å². The second-order valence-corrected chi connectivity index (χ2v) is 6.59. The fourth-order valence-corrected chi connectivity index (χ4v) is 2.82. The number of rotatable bonds is 8. The van der Waals surface area contributed by atoms with Gasteiger partial charge in [0.25, 0.3) is 0 Å². The van der Waals surface area contributed by atoms with Crippen LogP contribution in [0.25, 0.3) is 10.9 Å². The molecule has 0 bridgehead atoms. The number of likely N-dealkylation sites (N-methyl/N-ethyl adjacent to an activating group) is 1. The first-order valence-corrected chi connectivity index (χ1v) is 9.30. The zero-order valence-corrected chi connectivity index (χ0v) is 16.4. The highest BCUT2D eigenvalue weighted by molar-refractivity contribution is 6.05. The highest BCUT2D eigenvalue weighted by Gasteiger charge is 2.17. The van der Waals surface area contributed by atoms with E-state index in [-0.39, 0.29) is 0 Å². The van der Waals surface area contributed by atoms with Gasteiger partial charge in [-0.15, -0.1) is 0 Å². The van der Waals surface area contributed by atoms with Crippen LogP contribution in [0.5, 0.6) is 11.5 Å². The van der Waals surface area contributed by atoms with Gasteiger partial charge < -0.3 is 19.7 Å². The summed E-state index contributed by atoms with van der Waals surface area (Å²) in [6.07, 6.45) is 1.57. The summed E-state index contributed by atoms with van der Waals surface area (Å²) in [6.45, 7) is 3.61. The van der Waals surface area contributed by atoms with E-state index in [4.69, 9.17) is 9.47 Å². The van der Waals surface area contributed by atoms with Crippen LogP contribution >= 0.6 is 0 Å². The molecule has 0 spiro atoms. The molecule has 0 radical (unpaired) electrons. The first-order valence-electron chi connectivity index (χ1n) is 9.30. The Balaban J connectivity index is 2.01. The summed E-state index contributed by atoms with van der Waals surface area (Å²) in [4.78, 5) is 18.9. The highest BCUT2D eigenvalue weighted by Crippen LogP contribution is 2.31. The lowest BCUT2D eigenvalue weighted by Crippen LogP contribution is -2.22. The smallest absolute Gasteiger partial charge is 0.341 e. The molecule has 0 aliphatic carbocycles. The van der Waals surface area contributed by atoms with Crippen molar-refractivity contribution in [3.63, 3.8) is 0 Å². The fourth-order valence-electron chi connectivity index (χ4n) is 2.82. The van der Waals surface area contributed by atoms with Gasteiger partial charge in [-0.1, -0.05) is 18.2 Å². The van der Waals surface area contributed by atoms with Crippen LogP contribution in [0, 0.1) is 0 Å². The molecule has 1 heterocycles. The van der Waals surface area contributed by atoms with Crippen molar-refractivity contribution in [2.45, 2.75) is 6.92 Å². The maximum Gasteiger partial charge on any atom is 0.341 e. The molecule has 0 fully saturated rings. The summed E-state index contributed by atoms with van der Waals surface area (Å²) in [5, 5.41) is 4.20. The highest BCUT2D eigenvalue weighted by atomic mass is 16.5. The quantitative estimate of drug-likeness (QED) is 0.593.